The van der Waals surface area contributed by atoms with Crippen LogP contribution in [0.5, 0.6) is 0 Å². The van der Waals surface area contributed by atoms with E-state index in [0.717, 1.165) is 16.6 Å². The van der Waals surface area contributed by atoms with Crippen LogP contribution in [0.4, 0.5) is 5.69 Å². The summed E-state index contributed by atoms with van der Waals surface area (Å²) in [6, 6.07) is 17.9. The molecule has 2 N–H and O–H groups in total. The molecule has 0 saturated heterocycles. The molecule has 0 radical (unpaired) electrons. The molecule has 0 unspecified atom stereocenters. The molecule has 6 heteroatoms. The monoisotopic (exact) mass is 312 g/mol. The SMILES string of the molecule is NC(=S)N=Nc1c(S)n(-c2ccccc2)c2ccccc12. The number of benzene rings is 2. The van der Waals surface area contributed by atoms with Crippen LogP contribution in [0.15, 0.2) is 69.9 Å². The second kappa shape index (κ2) is 5.67. The molecule has 4 nitrogen and oxygen atoms in total. The van der Waals surface area contributed by atoms with Gasteiger partial charge in [-0.2, -0.15) is 0 Å². The lowest BCUT2D eigenvalue weighted by Gasteiger charge is -2.06. The predicted octanol–water partition coefficient (Wildman–Crippen LogP) is 4.25. The highest BCUT2D eigenvalue weighted by Gasteiger charge is 2.15. The van der Waals surface area contributed by atoms with Crippen molar-refractivity contribution in [3.8, 4) is 5.69 Å². The third kappa shape index (κ3) is 2.55. The summed E-state index contributed by atoms with van der Waals surface area (Å²) < 4.78 is 2.02. The van der Waals surface area contributed by atoms with E-state index in [0.29, 0.717) is 10.7 Å². The molecule has 3 aromatic rings. The molecular weight excluding hydrogens is 300 g/mol. The number of thiol groups is 1. The molecule has 2 aromatic carbocycles. The highest BCUT2D eigenvalue weighted by molar-refractivity contribution is 7.80. The number of hydrogen-bond donors (Lipinski definition) is 2. The summed E-state index contributed by atoms with van der Waals surface area (Å²) in [5, 5.41) is 9.57. The van der Waals surface area contributed by atoms with Crippen molar-refractivity contribution < 1.29 is 0 Å². The van der Waals surface area contributed by atoms with E-state index in [2.05, 4.69) is 22.9 Å². The minimum Gasteiger partial charge on any atom is -0.373 e. The second-order valence-corrected chi connectivity index (χ2v) is 5.24. The standard InChI is InChI=1S/C15H12N4S2/c16-15(21)18-17-13-11-8-4-5-9-12(11)19(14(13)20)10-6-2-1-3-7-10/h1-9,20H,(H2,16,21). The van der Waals surface area contributed by atoms with Gasteiger partial charge in [0.25, 0.3) is 0 Å². The number of azo groups is 1. The summed E-state index contributed by atoms with van der Waals surface area (Å²) in [6.07, 6.45) is 0. The molecule has 0 bridgehead atoms. The van der Waals surface area contributed by atoms with Crippen LogP contribution in [0, 0.1) is 0 Å². The Hall–Kier alpha value is -2.18. The Morgan fingerprint density at radius 2 is 1.71 bits per heavy atom. The van der Waals surface area contributed by atoms with Crippen molar-refractivity contribution in [1.82, 2.24) is 4.57 Å². The average Bonchev–Trinajstić information content (AvgIpc) is 2.78. The predicted molar refractivity (Wildman–Crippen MR) is 91.8 cm³/mol. The molecule has 0 aliphatic carbocycles. The number of nitrogens with two attached hydrogens (primary N) is 1. The van der Waals surface area contributed by atoms with E-state index in [9.17, 15) is 0 Å². The summed E-state index contributed by atoms with van der Waals surface area (Å²) in [5.41, 5.74) is 8.06. The maximum Gasteiger partial charge on any atom is 0.211 e. The van der Waals surface area contributed by atoms with Gasteiger partial charge in [0.15, 0.2) is 0 Å². The molecule has 0 fully saturated rings. The van der Waals surface area contributed by atoms with Crippen molar-refractivity contribution in [2.75, 3.05) is 0 Å². The smallest absolute Gasteiger partial charge is 0.211 e. The molecule has 0 amide bonds. The van der Waals surface area contributed by atoms with Crippen LogP contribution in [0.25, 0.3) is 16.6 Å². The zero-order chi connectivity index (χ0) is 14.8. The minimum atomic E-state index is -0.000671. The van der Waals surface area contributed by atoms with Gasteiger partial charge in [-0.05, 0) is 30.4 Å². The molecule has 3 rings (SSSR count). The topological polar surface area (TPSA) is 55.7 Å². The van der Waals surface area contributed by atoms with Crippen LogP contribution < -0.4 is 5.73 Å². The molecule has 1 heterocycles. The van der Waals surface area contributed by atoms with Gasteiger partial charge in [0.05, 0.1) is 5.52 Å². The molecule has 0 saturated carbocycles. The number of thiocarbonyl (C=S) groups is 1. The minimum absolute atomic E-state index is 0.000671. The fraction of sp³-hybridized carbons (Fsp3) is 0. The van der Waals surface area contributed by atoms with E-state index in [1.807, 2.05) is 59.2 Å². The molecule has 0 aliphatic heterocycles. The van der Waals surface area contributed by atoms with Crippen LogP contribution in [0.2, 0.25) is 0 Å². The molecule has 104 valence electrons. The Morgan fingerprint density at radius 1 is 1.05 bits per heavy atom. The lowest BCUT2D eigenvalue weighted by molar-refractivity contribution is 0.988. The maximum absolute atomic E-state index is 5.39. The lowest BCUT2D eigenvalue weighted by atomic mass is 10.2. The molecular formula is C15H12N4S2. The Balaban J connectivity index is 2.31. The first-order chi connectivity index (χ1) is 10.2. The maximum atomic E-state index is 5.39. The third-order valence-corrected chi connectivity index (χ3v) is 3.58. The van der Waals surface area contributed by atoms with Gasteiger partial charge in [0, 0.05) is 11.1 Å². The van der Waals surface area contributed by atoms with Gasteiger partial charge in [0.2, 0.25) is 5.11 Å². The normalized spacial score (nSPS) is 11.3. The van der Waals surface area contributed by atoms with Crippen molar-refractivity contribution in [3.05, 3.63) is 54.6 Å². The highest BCUT2D eigenvalue weighted by Crippen LogP contribution is 2.38. The largest absolute Gasteiger partial charge is 0.373 e. The molecule has 0 aliphatic rings. The second-order valence-electron chi connectivity index (χ2n) is 4.40. The van der Waals surface area contributed by atoms with Gasteiger partial charge in [-0.1, -0.05) is 36.4 Å². The highest BCUT2D eigenvalue weighted by atomic mass is 32.1. The fourth-order valence-corrected chi connectivity index (χ4v) is 2.67. The van der Waals surface area contributed by atoms with Gasteiger partial charge < -0.3 is 10.3 Å². The van der Waals surface area contributed by atoms with Gasteiger partial charge in [-0.15, -0.1) is 22.9 Å². The molecule has 0 spiro atoms. The van der Waals surface area contributed by atoms with E-state index in [4.69, 9.17) is 18.0 Å². The number of para-hydroxylation sites is 2. The number of fused-ring (bicyclic) bond motifs is 1. The van der Waals surface area contributed by atoms with E-state index < -0.39 is 0 Å². The van der Waals surface area contributed by atoms with Gasteiger partial charge in [-0.25, -0.2) is 0 Å². The zero-order valence-corrected chi connectivity index (χ0v) is 12.7. The Kier molecular flexibility index (Phi) is 3.72. The summed E-state index contributed by atoms with van der Waals surface area (Å²) in [6.45, 7) is 0. The number of aromatic nitrogens is 1. The van der Waals surface area contributed by atoms with Crippen LogP contribution >= 0.6 is 24.8 Å². The fourth-order valence-electron chi connectivity index (χ4n) is 2.25. The zero-order valence-electron chi connectivity index (χ0n) is 11.0. The van der Waals surface area contributed by atoms with Gasteiger partial charge >= 0.3 is 0 Å². The first-order valence-corrected chi connectivity index (χ1v) is 7.13. The van der Waals surface area contributed by atoms with Crippen LogP contribution in [-0.4, -0.2) is 9.68 Å². The van der Waals surface area contributed by atoms with Crippen LogP contribution in [0.1, 0.15) is 0 Å². The molecule has 1 aromatic heterocycles. The van der Waals surface area contributed by atoms with E-state index in [-0.39, 0.29) is 5.11 Å². The average molecular weight is 312 g/mol. The van der Waals surface area contributed by atoms with Crippen molar-refractivity contribution in [2.24, 2.45) is 16.0 Å². The number of hydrogen-bond acceptors (Lipinski definition) is 3. The van der Waals surface area contributed by atoms with Gasteiger partial charge in [-0.3, -0.25) is 0 Å². The van der Waals surface area contributed by atoms with E-state index >= 15 is 0 Å². The summed E-state index contributed by atoms with van der Waals surface area (Å²) >= 11 is 9.36. The third-order valence-electron chi connectivity index (χ3n) is 3.09. The first-order valence-electron chi connectivity index (χ1n) is 6.27. The first kappa shape index (κ1) is 13.8. The van der Waals surface area contributed by atoms with Crippen molar-refractivity contribution in [1.29, 1.82) is 0 Å². The summed E-state index contributed by atoms with van der Waals surface area (Å²) in [4.78, 5) is 0. The quantitative estimate of drug-likeness (QED) is 0.422. The Morgan fingerprint density at radius 3 is 2.43 bits per heavy atom. The Labute approximate surface area is 132 Å². The van der Waals surface area contributed by atoms with Crippen LogP contribution in [0.3, 0.4) is 0 Å². The summed E-state index contributed by atoms with van der Waals surface area (Å²) in [7, 11) is 0. The Bertz CT molecular complexity index is 838. The van der Waals surface area contributed by atoms with Crippen molar-refractivity contribution in [3.63, 3.8) is 0 Å². The van der Waals surface area contributed by atoms with E-state index in [1.165, 1.54) is 0 Å². The molecule has 21 heavy (non-hydrogen) atoms. The van der Waals surface area contributed by atoms with E-state index in [1.54, 1.807) is 0 Å². The van der Waals surface area contributed by atoms with Gasteiger partial charge in [0.1, 0.15) is 10.7 Å². The number of nitrogens with zero attached hydrogens (tertiary/aromatic N) is 3. The molecule has 0 atom stereocenters. The van der Waals surface area contributed by atoms with Crippen molar-refractivity contribution in [2.45, 2.75) is 5.03 Å². The summed E-state index contributed by atoms with van der Waals surface area (Å²) in [5.74, 6) is 0. The van der Waals surface area contributed by atoms with Crippen LogP contribution in [-0.2, 0) is 0 Å². The number of rotatable bonds is 2. The lowest BCUT2D eigenvalue weighted by Crippen LogP contribution is -2.01. The van der Waals surface area contributed by atoms with Crippen molar-refractivity contribution >= 4 is 46.5 Å².